The highest BCUT2D eigenvalue weighted by atomic mass is 16.4. The molecular weight excluding hydrogens is 160 g/mol. The van der Waals surface area contributed by atoms with Crippen molar-refractivity contribution in [2.24, 2.45) is 0 Å². The first-order chi connectivity index (χ1) is 5.57. The summed E-state index contributed by atoms with van der Waals surface area (Å²) in [6, 6.07) is 1.78. The van der Waals surface area contributed by atoms with Crippen LogP contribution in [-0.2, 0) is 0 Å². The number of carboxylic acid groups (broad SMARTS) is 1. The molecule has 0 aromatic carbocycles. The number of hydrogen-bond acceptors (Lipinski definition) is 3. The predicted octanol–water partition coefficient (Wildman–Crippen LogP) is 0.0149. The van der Waals surface area contributed by atoms with E-state index in [0.717, 1.165) is 0 Å². The van der Waals surface area contributed by atoms with E-state index in [1.54, 1.807) is 6.07 Å². The Balaban J connectivity index is 2.51. The SMILES string of the molecule is N#CC1(O)CCN(C(=O)O)CC1. The van der Waals surface area contributed by atoms with Crippen LogP contribution in [0.3, 0.4) is 0 Å². The van der Waals surface area contributed by atoms with Gasteiger partial charge in [0.25, 0.3) is 0 Å². The van der Waals surface area contributed by atoms with Crippen LogP contribution in [-0.4, -0.2) is 39.9 Å². The Bertz CT molecular complexity index is 225. The summed E-state index contributed by atoms with van der Waals surface area (Å²) in [7, 11) is 0. The predicted molar refractivity (Wildman–Crippen MR) is 39.4 cm³/mol. The van der Waals surface area contributed by atoms with Gasteiger partial charge in [-0.25, -0.2) is 4.79 Å². The molecule has 0 aliphatic carbocycles. The van der Waals surface area contributed by atoms with Crippen LogP contribution in [0.15, 0.2) is 0 Å². The molecular formula is C7H10N2O3. The van der Waals surface area contributed by atoms with Crippen molar-refractivity contribution in [2.75, 3.05) is 13.1 Å². The Morgan fingerprint density at radius 3 is 2.33 bits per heavy atom. The fraction of sp³-hybridized carbons (Fsp3) is 0.714. The number of rotatable bonds is 0. The Labute approximate surface area is 69.8 Å². The van der Waals surface area contributed by atoms with Crippen molar-refractivity contribution < 1.29 is 15.0 Å². The third kappa shape index (κ3) is 1.66. The molecule has 1 saturated heterocycles. The molecule has 5 nitrogen and oxygen atoms in total. The van der Waals surface area contributed by atoms with Gasteiger partial charge >= 0.3 is 6.09 Å². The van der Waals surface area contributed by atoms with Crippen LogP contribution in [0.25, 0.3) is 0 Å². The smallest absolute Gasteiger partial charge is 0.407 e. The number of likely N-dealkylation sites (tertiary alicyclic amines) is 1. The molecule has 1 amide bonds. The van der Waals surface area contributed by atoms with Crippen LogP contribution in [0, 0.1) is 11.3 Å². The zero-order valence-electron chi connectivity index (χ0n) is 6.53. The van der Waals surface area contributed by atoms with E-state index < -0.39 is 11.7 Å². The molecule has 12 heavy (non-hydrogen) atoms. The monoisotopic (exact) mass is 170 g/mol. The molecule has 1 aliphatic rings. The van der Waals surface area contributed by atoms with Crippen molar-refractivity contribution in [3.63, 3.8) is 0 Å². The average molecular weight is 170 g/mol. The first-order valence-corrected chi connectivity index (χ1v) is 3.69. The number of amides is 1. The molecule has 66 valence electrons. The van der Waals surface area contributed by atoms with Gasteiger partial charge in [0.2, 0.25) is 0 Å². The zero-order chi connectivity index (χ0) is 9.19. The Kier molecular flexibility index (Phi) is 2.20. The van der Waals surface area contributed by atoms with E-state index in [1.807, 2.05) is 0 Å². The van der Waals surface area contributed by atoms with Crippen molar-refractivity contribution in [3.05, 3.63) is 0 Å². The minimum atomic E-state index is -1.31. The van der Waals surface area contributed by atoms with Crippen LogP contribution < -0.4 is 0 Å². The van der Waals surface area contributed by atoms with E-state index in [4.69, 9.17) is 10.4 Å². The molecule has 5 heteroatoms. The summed E-state index contributed by atoms with van der Waals surface area (Å²) in [4.78, 5) is 11.6. The molecule has 0 aromatic rings. The van der Waals surface area contributed by atoms with Gasteiger partial charge in [0.15, 0.2) is 5.60 Å². The van der Waals surface area contributed by atoms with Gasteiger partial charge in [-0.3, -0.25) is 0 Å². The number of hydrogen-bond donors (Lipinski definition) is 2. The third-order valence-electron chi connectivity index (χ3n) is 2.07. The molecule has 0 aromatic heterocycles. The molecule has 1 aliphatic heterocycles. The molecule has 2 N–H and O–H groups in total. The van der Waals surface area contributed by atoms with E-state index in [-0.39, 0.29) is 25.9 Å². The van der Waals surface area contributed by atoms with Crippen LogP contribution in [0.1, 0.15) is 12.8 Å². The van der Waals surface area contributed by atoms with Crippen LogP contribution in [0.4, 0.5) is 4.79 Å². The lowest BCUT2D eigenvalue weighted by atomic mass is 9.93. The summed E-state index contributed by atoms with van der Waals surface area (Å²) < 4.78 is 0. The van der Waals surface area contributed by atoms with Crippen molar-refractivity contribution in [3.8, 4) is 6.07 Å². The lowest BCUT2D eigenvalue weighted by Gasteiger charge is -2.31. The maximum Gasteiger partial charge on any atom is 0.407 e. The molecule has 1 fully saturated rings. The largest absolute Gasteiger partial charge is 0.465 e. The van der Waals surface area contributed by atoms with Crippen molar-refractivity contribution >= 4 is 6.09 Å². The van der Waals surface area contributed by atoms with Gasteiger partial charge in [-0.1, -0.05) is 0 Å². The molecule has 0 bridgehead atoms. The minimum Gasteiger partial charge on any atom is -0.465 e. The van der Waals surface area contributed by atoms with Crippen molar-refractivity contribution in [1.82, 2.24) is 4.90 Å². The van der Waals surface area contributed by atoms with Gasteiger partial charge in [0.1, 0.15) is 0 Å². The summed E-state index contributed by atoms with van der Waals surface area (Å²) in [6.45, 7) is 0.471. The highest BCUT2D eigenvalue weighted by Gasteiger charge is 2.33. The lowest BCUT2D eigenvalue weighted by molar-refractivity contribution is 0.0280. The maximum absolute atomic E-state index is 10.4. The van der Waals surface area contributed by atoms with Gasteiger partial charge in [0, 0.05) is 25.9 Å². The second-order valence-corrected chi connectivity index (χ2v) is 2.91. The van der Waals surface area contributed by atoms with E-state index in [1.165, 1.54) is 4.90 Å². The Morgan fingerprint density at radius 2 is 2.00 bits per heavy atom. The van der Waals surface area contributed by atoms with E-state index in [9.17, 15) is 9.90 Å². The lowest BCUT2D eigenvalue weighted by Crippen LogP contribution is -2.45. The standard InChI is InChI=1S/C7H10N2O3/c8-5-7(12)1-3-9(4-2-7)6(10)11/h12H,1-4H2,(H,10,11). The summed E-state index contributed by atoms with van der Waals surface area (Å²) >= 11 is 0. The van der Waals surface area contributed by atoms with Crippen LogP contribution in [0.2, 0.25) is 0 Å². The van der Waals surface area contributed by atoms with Crippen LogP contribution in [0.5, 0.6) is 0 Å². The summed E-state index contributed by atoms with van der Waals surface area (Å²) in [5.41, 5.74) is -1.31. The van der Waals surface area contributed by atoms with E-state index in [2.05, 4.69) is 0 Å². The molecule has 0 saturated carbocycles. The highest BCUT2D eigenvalue weighted by Crippen LogP contribution is 2.20. The molecule has 0 spiro atoms. The van der Waals surface area contributed by atoms with Gasteiger partial charge in [-0.15, -0.1) is 0 Å². The van der Waals surface area contributed by atoms with Crippen molar-refractivity contribution in [1.29, 1.82) is 5.26 Å². The second kappa shape index (κ2) is 2.99. The van der Waals surface area contributed by atoms with E-state index in [0.29, 0.717) is 0 Å². The molecule has 0 unspecified atom stereocenters. The van der Waals surface area contributed by atoms with Gasteiger partial charge in [-0.05, 0) is 0 Å². The highest BCUT2D eigenvalue weighted by molar-refractivity contribution is 5.65. The normalized spacial score (nSPS) is 21.5. The summed E-state index contributed by atoms with van der Waals surface area (Å²) in [5.74, 6) is 0. The minimum absolute atomic E-state index is 0.204. The second-order valence-electron chi connectivity index (χ2n) is 2.91. The molecule has 1 rings (SSSR count). The van der Waals surface area contributed by atoms with Gasteiger partial charge < -0.3 is 15.1 Å². The first-order valence-electron chi connectivity index (χ1n) is 3.69. The van der Waals surface area contributed by atoms with Gasteiger partial charge in [-0.2, -0.15) is 5.26 Å². The number of nitriles is 1. The van der Waals surface area contributed by atoms with E-state index >= 15 is 0 Å². The number of piperidine rings is 1. The number of nitrogens with zero attached hydrogens (tertiary/aromatic N) is 2. The van der Waals surface area contributed by atoms with Crippen molar-refractivity contribution in [2.45, 2.75) is 18.4 Å². The topological polar surface area (TPSA) is 84.6 Å². The molecule has 0 atom stereocenters. The number of aliphatic hydroxyl groups is 1. The Hall–Kier alpha value is -1.28. The fourth-order valence-corrected chi connectivity index (χ4v) is 1.18. The Morgan fingerprint density at radius 1 is 1.50 bits per heavy atom. The fourth-order valence-electron chi connectivity index (χ4n) is 1.18. The average Bonchev–Trinajstić information content (AvgIpc) is 2.05. The first kappa shape index (κ1) is 8.81. The maximum atomic E-state index is 10.4. The molecule has 1 heterocycles. The third-order valence-corrected chi connectivity index (χ3v) is 2.07. The molecule has 0 radical (unpaired) electrons. The summed E-state index contributed by atoms with van der Waals surface area (Å²) in [5, 5.41) is 26.5. The quantitative estimate of drug-likeness (QED) is 0.502. The van der Waals surface area contributed by atoms with Gasteiger partial charge in [0.05, 0.1) is 6.07 Å². The van der Waals surface area contributed by atoms with Crippen LogP contribution >= 0.6 is 0 Å². The zero-order valence-corrected chi connectivity index (χ0v) is 6.53. The number of carbonyl (C=O) groups is 1. The summed E-state index contributed by atoms with van der Waals surface area (Å²) in [6.07, 6.45) is -0.582.